The Bertz CT molecular complexity index is 217. The number of rotatable bonds is 3. The Balaban J connectivity index is 2.86. The first-order valence-electron chi connectivity index (χ1n) is 4.53. The molecule has 1 aliphatic heterocycles. The quantitative estimate of drug-likeness (QED) is 0.651. The van der Waals surface area contributed by atoms with Gasteiger partial charge in [-0.3, -0.25) is 4.79 Å². The second-order valence-electron chi connectivity index (χ2n) is 3.36. The molecule has 5 nitrogen and oxygen atoms in total. The fourth-order valence-corrected chi connectivity index (χ4v) is 1.70. The van der Waals surface area contributed by atoms with E-state index in [0.717, 1.165) is 0 Å². The average molecular weight is 204 g/mol. The summed E-state index contributed by atoms with van der Waals surface area (Å²) in [6.45, 7) is 1.94. The van der Waals surface area contributed by atoms with Crippen molar-refractivity contribution in [2.24, 2.45) is 5.41 Å². The fourth-order valence-electron chi connectivity index (χ4n) is 1.70. The minimum atomic E-state index is -0.977. The van der Waals surface area contributed by atoms with Crippen LogP contribution in [0.2, 0.25) is 0 Å². The Labute approximate surface area is 82.9 Å². The summed E-state index contributed by atoms with van der Waals surface area (Å²) < 4.78 is 14.7. The highest BCUT2D eigenvalue weighted by molar-refractivity contribution is 5.78. The van der Waals surface area contributed by atoms with E-state index in [9.17, 15) is 9.90 Å². The van der Waals surface area contributed by atoms with Crippen molar-refractivity contribution < 1.29 is 24.1 Å². The first kappa shape index (κ1) is 11.4. The van der Waals surface area contributed by atoms with Crippen LogP contribution in [0.25, 0.3) is 0 Å². The van der Waals surface area contributed by atoms with E-state index in [2.05, 4.69) is 4.74 Å². The zero-order valence-electron chi connectivity index (χ0n) is 8.65. The van der Waals surface area contributed by atoms with Gasteiger partial charge in [0.2, 0.25) is 0 Å². The number of carbonyl (C=O) groups is 1. The van der Waals surface area contributed by atoms with E-state index in [1.54, 1.807) is 0 Å². The second kappa shape index (κ2) is 4.25. The van der Waals surface area contributed by atoms with Crippen molar-refractivity contribution in [3.05, 3.63) is 0 Å². The van der Waals surface area contributed by atoms with Crippen LogP contribution >= 0.6 is 0 Å². The van der Waals surface area contributed by atoms with Crippen LogP contribution < -0.4 is 0 Å². The summed E-state index contributed by atoms with van der Waals surface area (Å²) in [4.78, 5) is 11.5. The lowest BCUT2D eigenvalue weighted by molar-refractivity contribution is -0.162. The van der Waals surface area contributed by atoms with Gasteiger partial charge in [-0.05, 0) is 6.42 Å². The number of carbonyl (C=O) groups excluding carboxylic acids is 1. The second-order valence-corrected chi connectivity index (χ2v) is 3.36. The van der Waals surface area contributed by atoms with Gasteiger partial charge in [0.15, 0.2) is 6.29 Å². The van der Waals surface area contributed by atoms with Gasteiger partial charge in [0.05, 0.1) is 13.7 Å². The lowest BCUT2D eigenvalue weighted by Gasteiger charge is -2.26. The molecular formula is C9H16O5. The Morgan fingerprint density at radius 2 is 2.29 bits per heavy atom. The summed E-state index contributed by atoms with van der Waals surface area (Å²) in [5, 5.41) is 9.85. The Morgan fingerprint density at radius 3 is 2.64 bits per heavy atom. The topological polar surface area (TPSA) is 65.0 Å². The minimum Gasteiger partial charge on any atom is -0.468 e. The molecule has 1 N–H and O–H groups in total. The standard InChI is InChI=1S/C9H16O5/c1-4-9(8(11)13-3)5-14-7(12-2)6(9)10/h6-7,10H,4-5H2,1-3H3/t6?,7?,9-/m1/s1. The van der Waals surface area contributed by atoms with Crippen LogP contribution in [0.3, 0.4) is 0 Å². The molecule has 1 aliphatic rings. The molecule has 0 aromatic rings. The third-order valence-corrected chi connectivity index (χ3v) is 2.78. The van der Waals surface area contributed by atoms with E-state index >= 15 is 0 Å². The van der Waals surface area contributed by atoms with Crippen LogP contribution in [0.5, 0.6) is 0 Å². The van der Waals surface area contributed by atoms with Crippen LogP contribution in [-0.2, 0) is 19.0 Å². The maximum atomic E-state index is 11.5. The number of methoxy groups -OCH3 is 2. The predicted molar refractivity (Wildman–Crippen MR) is 47.5 cm³/mol. The van der Waals surface area contributed by atoms with E-state index < -0.39 is 23.8 Å². The molecule has 0 aliphatic carbocycles. The zero-order chi connectivity index (χ0) is 10.8. The van der Waals surface area contributed by atoms with Gasteiger partial charge in [0.1, 0.15) is 11.5 Å². The molecule has 5 heteroatoms. The summed E-state index contributed by atoms with van der Waals surface area (Å²) >= 11 is 0. The molecule has 1 heterocycles. The van der Waals surface area contributed by atoms with Gasteiger partial charge in [-0.2, -0.15) is 0 Å². The minimum absolute atomic E-state index is 0.135. The van der Waals surface area contributed by atoms with Crippen LogP contribution in [0, 0.1) is 5.41 Å². The molecule has 0 bridgehead atoms. The molecule has 3 atom stereocenters. The van der Waals surface area contributed by atoms with Crippen LogP contribution in [-0.4, -0.2) is 44.3 Å². The highest BCUT2D eigenvalue weighted by Crippen LogP contribution is 2.37. The summed E-state index contributed by atoms with van der Waals surface area (Å²) in [6.07, 6.45) is -1.25. The van der Waals surface area contributed by atoms with Crippen LogP contribution in [0.4, 0.5) is 0 Å². The molecule has 2 unspecified atom stereocenters. The highest BCUT2D eigenvalue weighted by atomic mass is 16.7. The summed E-state index contributed by atoms with van der Waals surface area (Å²) in [5.74, 6) is -0.452. The molecule has 0 amide bonds. The predicted octanol–water partition coefficient (Wildman–Crippen LogP) is -0.0806. The van der Waals surface area contributed by atoms with Crippen LogP contribution in [0.15, 0.2) is 0 Å². The molecule has 1 saturated heterocycles. The van der Waals surface area contributed by atoms with E-state index in [1.807, 2.05) is 6.92 Å². The van der Waals surface area contributed by atoms with E-state index in [-0.39, 0.29) is 6.61 Å². The van der Waals surface area contributed by atoms with E-state index in [0.29, 0.717) is 6.42 Å². The lowest BCUT2D eigenvalue weighted by atomic mass is 9.82. The van der Waals surface area contributed by atoms with Gasteiger partial charge in [-0.15, -0.1) is 0 Å². The molecular weight excluding hydrogens is 188 g/mol. The first-order chi connectivity index (χ1) is 6.62. The van der Waals surface area contributed by atoms with Crippen molar-refractivity contribution >= 4 is 5.97 Å². The van der Waals surface area contributed by atoms with Gasteiger partial charge < -0.3 is 19.3 Å². The van der Waals surface area contributed by atoms with Crippen molar-refractivity contribution in [2.75, 3.05) is 20.8 Å². The fraction of sp³-hybridized carbons (Fsp3) is 0.889. The molecule has 1 fully saturated rings. The van der Waals surface area contributed by atoms with Gasteiger partial charge in [0, 0.05) is 7.11 Å². The third kappa shape index (κ3) is 1.51. The normalized spacial score (nSPS) is 37.1. The first-order valence-corrected chi connectivity index (χ1v) is 4.53. The molecule has 0 radical (unpaired) electrons. The van der Waals surface area contributed by atoms with Gasteiger partial charge in [-0.1, -0.05) is 6.92 Å². The van der Waals surface area contributed by atoms with Crippen LogP contribution in [0.1, 0.15) is 13.3 Å². The third-order valence-electron chi connectivity index (χ3n) is 2.78. The zero-order valence-corrected chi connectivity index (χ0v) is 8.65. The smallest absolute Gasteiger partial charge is 0.317 e. The average Bonchev–Trinajstić information content (AvgIpc) is 2.55. The largest absolute Gasteiger partial charge is 0.468 e. The molecule has 0 aromatic heterocycles. The Hall–Kier alpha value is -0.650. The summed E-state index contributed by atoms with van der Waals surface area (Å²) in [5.41, 5.74) is -0.977. The number of aliphatic hydroxyl groups is 1. The maximum absolute atomic E-state index is 11.5. The highest BCUT2D eigenvalue weighted by Gasteiger charge is 2.54. The van der Waals surface area contributed by atoms with Gasteiger partial charge in [0.25, 0.3) is 0 Å². The Morgan fingerprint density at radius 1 is 1.64 bits per heavy atom. The summed E-state index contributed by atoms with van der Waals surface area (Å²) in [6, 6.07) is 0. The van der Waals surface area contributed by atoms with E-state index in [4.69, 9.17) is 9.47 Å². The van der Waals surface area contributed by atoms with Crippen molar-refractivity contribution in [3.8, 4) is 0 Å². The SMILES string of the molecule is CC[C@@]1(C(=O)OC)COC(OC)C1O. The summed E-state index contributed by atoms with van der Waals surface area (Å²) in [7, 11) is 2.73. The van der Waals surface area contributed by atoms with Crippen molar-refractivity contribution in [3.63, 3.8) is 0 Å². The number of ether oxygens (including phenoxy) is 3. The lowest BCUT2D eigenvalue weighted by Crippen LogP contribution is -2.44. The molecule has 0 aromatic carbocycles. The maximum Gasteiger partial charge on any atom is 0.317 e. The van der Waals surface area contributed by atoms with Gasteiger partial charge in [-0.25, -0.2) is 0 Å². The molecule has 0 saturated carbocycles. The number of hydrogen-bond acceptors (Lipinski definition) is 5. The Kier molecular flexibility index (Phi) is 3.47. The van der Waals surface area contributed by atoms with Gasteiger partial charge >= 0.3 is 5.97 Å². The van der Waals surface area contributed by atoms with Crippen molar-refractivity contribution in [1.29, 1.82) is 0 Å². The molecule has 82 valence electrons. The van der Waals surface area contributed by atoms with Crippen molar-refractivity contribution in [2.45, 2.75) is 25.7 Å². The number of esters is 1. The van der Waals surface area contributed by atoms with E-state index in [1.165, 1.54) is 14.2 Å². The molecule has 1 rings (SSSR count). The molecule has 0 spiro atoms. The molecule has 14 heavy (non-hydrogen) atoms. The van der Waals surface area contributed by atoms with Crippen molar-refractivity contribution in [1.82, 2.24) is 0 Å². The number of aliphatic hydroxyl groups excluding tert-OH is 1. The monoisotopic (exact) mass is 204 g/mol. The number of hydrogen-bond donors (Lipinski definition) is 1.